The Hall–Kier alpha value is -2.44. The van der Waals surface area contributed by atoms with Crippen LogP contribution in [0, 0.1) is 6.92 Å². The molecule has 28 heavy (non-hydrogen) atoms. The third-order valence-corrected chi connectivity index (χ3v) is 5.39. The van der Waals surface area contributed by atoms with Crippen LogP contribution in [0.4, 0.5) is 16.2 Å². The number of anilines is 2. The molecule has 6 heteroatoms. The zero-order valence-corrected chi connectivity index (χ0v) is 17.2. The third kappa shape index (κ3) is 5.30. The van der Waals surface area contributed by atoms with E-state index in [9.17, 15) is 4.79 Å². The van der Waals surface area contributed by atoms with Gasteiger partial charge < -0.3 is 15.5 Å². The Morgan fingerprint density at radius 1 is 1.18 bits per heavy atom. The summed E-state index contributed by atoms with van der Waals surface area (Å²) in [5, 5.41) is 5.86. The van der Waals surface area contributed by atoms with Crippen LogP contribution < -0.4 is 10.6 Å². The summed E-state index contributed by atoms with van der Waals surface area (Å²) >= 11 is 0. The fourth-order valence-corrected chi connectivity index (χ4v) is 3.62. The molecule has 1 aliphatic heterocycles. The number of nitrogens with zero attached hydrogens (tertiary/aromatic N) is 3. The summed E-state index contributed by atoms with van der Waals surface area (Å²) in [6.45, 7) is 12.7. The molecule has 3 rings (SSSR count). The van der Waals surface area contributed by atoms with Crippen LogP contribution in [0.2, 0.25) is 0 Å². The Morgan fingerprint density at radius 2 is 2.00 bits per heavy atom. The van der Waals surface area contributed by atoms with Gasteiger partial charge >= 0.3 is 6.03 Å². The van der Waals surface area contributed by atoms with Gasteiger partial charge in [0.1, 0.15) is 0 Å². The average Bonchev–Trinajstić information content (AvgIpc) is 2.70. The number of benzene rings is 1. The van der Waals surface area contributed by atoms with E-state index in [-0.39, 0.29) is 6.03 Å². The molecule has 0 aliphatic carbocycles. The highest BCUT2D eigenvalue weighted by Crippen LogP contribution is 2.26. The van der Waals surface area contributed by atoms with Crippen molar-refractivity contribution in [3.05, 3.63) is 53.3 Å². The molecule has 0 fully saturated rings. The van der Waals surface area contributed by atoms with Crippen LogP contribution in [0.3, 0.4) is 0 Å². The molecule has 0 saturated heterocycles. The van der Waals surface area contributed by atoms with E-state index in [2.05, 4.69) is 45.3 Å². The summed E-state index contributed by atoms with van der Waals surface area (Å²) in [5.41, 5.74) is 5.07. The number of amides is 2. The van der Waals surface area contributed by atoms with E-state index in [0.717, 1.165) is 57.1 Å². The third-order valence-electron chi connectivity index (χ3n) is 5.39. The van der Waals surface area contributed by atoms with Gasteiger partial charge in [0.15, 0.2) is 0 Å². The lowest BCUT2D eigenvalue weighted by Crippen LogP contribution is -2.38. The minimum absolute atomic E-state index is 0.233. The van der Waals surface area contributed by atoms with E-state index < -0.39 is 0 Å². The molecule has 0 unspecified atom stereocenters. The van der Waals surface area contributed by atoms with Crippen molar-refractivity contribution in [3.63, 3.8) is 0 Å². The Kier molecular flexibility index (Phi) is 7.01. The second kappa shape index (κ2) is 9.66. The number of hydrogen-bond acceptors (Lipinski definition) is 4. The van der Waals surface area contributed by atoms with Crippen molar-refractivity contribution in [2.24, 2.45) is 0 Å². The highest BCUT2D eigenvalue weighted by Gasteiger charge is 2.19. The summed E-state index contributed by atoms with van der Waals surface area (Å²) in [7, 11) is 0. The summed E-state index contributed by atoms with van der Waals surface area (Å²) in [4.78, 5) is 21.6. The SMILES string of the molecule is CCN(CC)CCN1CCc2c(cccc2NC(=O)Nc2ccc(C)nc2)C1. The van der Waals surface area contributed by atoms with Gasteiger partial charge in [0.2, 0.25) is 0 Å². The summed E-state index contributed by atoms with van der Waals surface area (Å²) in [6, 6.07) is 9.69. The van der Waals surface area contributed by atoms with E-state index in [1.54, 1.807) is 6.20 Å². The molecule has 0 spiro atoms. The molecule has 2 amide bonds. The number of pyridine rings is 1. The maximum absolute atomic E-state index is 12.4. The standard InChI is InChI=1S/C22H31N5O/c1-4-26(5-2)13-14-27-12-11-20-18(16-27)7-6-8-21(20)25-22(28)24-19-10-9-17(3)23-15-19/h6-10,15H,4-5,11-14,16H2,1-3H3,(H2,24,25,28). The van der Waals surface area contributed by atoms with Gasteiger partial charge in [-0.25, -0.2) is 4.79 Å². The summed E-state index contributed by atoms with van der Waals surface area (Å²) in [6.07, 6.45) is 2.62. The second-order valence-corrected chi connectivity index (χ2v) is 7.26. The first-order chi connectivity index (χ1) is 13.6. The lowest BCUT2D eigenvalue weighted by molar-refractivity contribution is 0.202. The zero-order valence-electron chi connectivity index (χ0n) is 17.2. The molecule has 0 atom stereocenters. The van der Waals surface area contributed by atoms with E-state index in [0.29, 0.717) is 5.69 Å². The number of likely N-dealkylation sites (N-methyl/N-ethyl adjacent to an activating group) is 1. The van der Waals surface area contributed by atoms with Crippen molar-refractivity contribution < 1.29 is 4.79 Å². The first-order valence-corrected chi connectivity index (χ1v) is 10.1. The highest BCUT2D eigenvalue weighted by molar-refractivity contribution is 6.00. The van der Waals surface area contributed by atoms with E-state index in [4.69, 9.17) is 0 Å². The van der Waals surface area contributed by atoms with E-state index in [1.807, 2.05) is 31.2 Å². The maximum atomic E-state index is 12.4. The lowest BCUT2D eigenvalue weighted by Gasteiger charge is -2.31. The van der Waals surface area contributed by atoms with Gasteiger partial charge in [0.05, 0.1) is 11.9 Å². The fraction of sp³-hybridized carbons (Fsp3) is 0.455. The van der Waals surface area contributed by atoms with Gasteiger partial charge in [-0.05, 0) is 55.8 Å². The highest BCUT2D eigenvalue weighted by atomic mass is 16.2. The Morgan fingerprint density at radius 3 is 2.71 bits per heavy atom. The number of rotatable bonds is 7. The van der Waals surface area contributed by atoms with Gasteiger partial charge in [-0.3, -0.25) is 9.88 Å². The molecular formula is C22H31N5O. The predicted molar refractivity (Wildman–Crippen MR) is 115 cm³/mol. The molecule has 150 valence electrons. The normalized spacial score (nSPS) is 14.0. The minimum atomic E-state index is -0.233. The Labute approximate surface area is 167 Å². The Bertz CT molecular complexity index is 786. The second-order valence-electron chi connectivity index (χ2n) is 7.26. The van der Waals surface area contributed by atoms with Gasteiger partial charge in [0, 0.05) is 37.6 Å². The topological polar surface area (TPSA) is 60.5 Å². The molecule has 2 N–H and O–H groups in total. The molecule has 6 nitrogen and oxygen atoms in total. The molecule has 0 saturated carbocycles. The smallest absolute Gasteiger partial charge is 0.307 e. The lowest BCUT2D eigenvalue weighted by atomic mass is 9.97. The molecule has 1 aromatic carbocycles. The molecule has 1 aromatic heterocycles. The molecule has 0 bridgehead atoms. The maximum Gasteiger partial charge on any atom is 0.323 e. The first-order valence-electron chi connectivity index (χ1n) is 10.1. The molecule has 0 radical (unpaired) electrons. The van der Waals surface area contributed by atoms with Gasteiger partial charge in [0.25, 0.3) is 0 Å². The van der Waals surface area contributed by atoms with Crippen LogP contribution in [0.25, 0.3) is 0 Å². The number of urea groups is 1. The quantitative estimate of drug-likeness (QED) is 0.767. The van der Waals surface area contributed by atoms with Crippen molar-refractivity contribution in [1.29, 1.82) is 0 Å². The molecular weight excluding hydrogens is 350 g/mol. The van der Waals surface area contributed by atoms with E-state index in [1.165, 1.54) is 11.1 Å². The number of aryl methyl sites for hydroxylation is 1. The Balaban J connectivity index is 1.60. The zero-order chi connectivity index (χ0) is 19.9. The predicted octanol–water partition coefficient (Wildman–Crippen LogP) is 3.73. The van der Waals surface area contributed by atoms with Crippen LogP contribution in [0.5, 0.6) is 0 Å². The number of fused-ring (bicyclic) bond motifs is 1. The van der Waals surface area contributed by atoms with Crippen molar-refractivity contribution in [1.82, 2.24) is 14.8 Å². The fourth-order valence-electron chi connectivity index (χ4n) is 3.62. The number of carbonyl (C=O) groups is 1. The van der Waals surface area contributed by atoms with Crippen molar-refractivity contribution >= 4 is 17.4 Å². The van der Waals surface area contributed by atoms with Crippen molar-refractivity contribution in [3.8, 4) is 0 Å². The summed E-state index contributed by atoms with van der Waals surface area (Å²) < 4.78 is 0. The first kappa shape index (κ1) is 20.3. The van der Waals surface area contributed by atoms with Crippen LogP contribution in [0.1, 0.15) is 30.7 Å². The molecule has 1 aliphatic rings. The van der Waals surface area contributed by atoms with Crippen LogP contribution in [-0.4, -0.2) is 53.5 Å². The largest absolute Gasteiger partial charge is 0.323 e. The van der Waals surface area contributed by atoms with Crippen molar-refractivity contribution in [2.75, 3.05) is 43.4 Å². The van der Waals surface area contributed by atoms with Gasteiger partial charge in [-0.1, -0.05) is 26.0 Å². The van der Waals surface area contributed by atoms with Gasteiger partial charge in [-0.15, -0.1) is 0 Å². The van der Waals surface area contributed by atoms with Crippen LogP contribution >= 0.6 is 0 Å². The number of aromatic nitrogens is 1. The number of nitrogens with one attached hydrogen (secondary N) is 2. The number of hydrogen-bond donors (Lipinski definition) is 2. The van der Waals surface area contributed by atoms with Crippen LogP contribution in [-0.2, 0) is 13.0 Å². The van der Waals surface area contributed by atoms with Crippen LogP contribution in [0.15, 0.2) is 36.5 Å². The van der Waals surface area contributed by atoms with Gasteiger partial charge in [-0.2, -0.15) is 0 Å². The summed E-state index contributed by atoms with van der Waals surface area (Å²) in [5.74, 6) is 0. The molecule has 2 aromatic rings. The van der Waals surface area contributed by atoms with Crippen molar-refractivity contribution in [2.45, 2.75) is 33.7 Å². The number of carbonyl (C=O) groups excluding carboxylic acids is 1. The minimum Gasteiger partial charge on any atom is -0.307 e. The van der Waals surface area contributed by atoms with E-state index >= 15 is 0 Å². The average molecular weight is 382 g/mol. The monoisotopic (exact) mass is 381 g/mol. The molecule has 2 heterocycles.